The molecule has 0 unspecified atom stereocenters. The molecule has 0 aromatic heterocycles. The Labute approximate surface area is 151 Å². The highest BCUT2D eigenvalue weighted by molar-refractivity contribution is 6.30. The number of hydrogen-bond donors (Lipinski definition) is 1. The minimum Gasteiger partial charge on any atom is -0.322 e. The van der Waals surface area contributed by atoms with Crippen LogP contribution < -0.4 is 5.32 Å². The van der Waals surface area contributed by atoms with Gasteiger partial charge in [0.2, 0.25) is 5.91 Å². The number of nitrogens with one attached hydrogen (secondary N) is 1. The third-order valence-corrected chi connectivity index (χ3v) is 4.12. The van der Waals surface area contributed by atoms with Gasteiger partial charge in [0.25, 0.3) is 0 Å². The molecule has 3 nitrogen and oxygen atoms in total. The highest BCUT2D eigenvalue weighted by Crippen LogP contribution is 2.19. The summed E-state index contributed by atoms with van der Waals surface area (Å²) in [5, 5.41) is 5.22. The maximum Gasteiger partial charge on any atom is 0.238 e. The van der Waals surface area contributed by atoms with Gasteiger partial charge >= 0.3 is 0 Å². The second kappa shape index (κ2) is 7.64. The fourth-order valence-electron chi connectivity index (χ4n) is 2.73. The topological polar surface area (TPSA) is 32.3 Å². The Balaban J connectivity index is 1.60. The number of hydrogen-bond acceptors (Lipinski definition) is 2. The van der Waals surface area contributed by atoms with Crippen molar-refractivity contribution in [2.24, 2.45) is 0 Å². The first-order chi connectivity index (χ1) is 12.0. The van der Waals surface area contributed by atoms with E-state index in [-0.39, 0.29) is 18.1 Å². The van der Waals surface area contributed by atoms with Crippen molar-refractivity contribution >= 4 is 34.0 Å². The van der Waals surface area contributed by atoms with E-state index >= 15 is 0 Å². The van der Waals surface area contributed by atoms with Crippen LogP contribution in [-0.4, -0.2) is 24.4 Å². The number of nitrogens with zero attached hydrogens (tertiary/aromatic N) is 1. The van der Waals surface area contributed by atoms with Gasteiger partial charge in [-0.3, -0.25) is 9.69 Å². The van der Waals surface area contributed by atoms with Crippen LogP contribution in [0.1, 0.15) is 5.56 Å². The van der Waals surface area contributed by atoms with Gasteiger partial charge < -0.3 is 5.32 Å². The summed E-state index contributed by atoms with van der Waals surface area (Å²) in [5.74, 6) is -0.817. The van der Waals surface area contributed by atoms with E-state index in [2.05, 4.69) is 35.6 Å². The van der Waals surface area contributed by atoms with Gasteiger partial charge in [0.15, 0.2) is 0 Å². The molecule has 3 aromatic rings. The molecular formula is C20H18ClFN2O. The third-order valence-electron chi connectivity index (χ3n) is 3.89. The first-order valence-corrected chi connectivity index (χ1v) is 8.30. The largest absolute Gasteiger partial charge is 0.322 e. The molecular weight excluding hydrogens is 339 g/mol. The van der Waals surface area contributed by atoms with E-state index in [1.54, 1.807) is 6.07 Å². The number of carbonyl (C=O) groups excluding carboxylic acids is 1. The lowest BCUT2D eigenvalue weighted by Crippen LogP contribution is -2.30. The average molecular weight is 357 g/mol. The molecule has 0 spiro atoms. The first kappa shape index (κ1) is 17.4. The van der Waals surface area contributed by atoms with E-state index in [1.165, 1.54) is 22.9 Å². The Hall–Kier alpha value is -2.43. The molecule has 5 heteroatoms. The lowest BCUT2D eigenvalue weighted by Gasteiger charge is -2.17. The smallest absolute Gasteiger partial charge is 0.238 e. The molecule has 0 saturated carbocycles. The van der Waals surface area contributed by atoms with E-state index in [0.29, 0.717) is 11.6 Å². The third kappa shape index (κ3) is 4.56. The summed E-state index contributed by atoms with van der Waals surface area (Å²) >= 11 is 5.71. The molecule has 3 aromatic carbocycles. The van der Waals surface area contributed by atoms with E-state index < -0.39 is 5.82 Å². The minimum absolute atomic E-state index is 0.133. The number of likely N-dealkylation sites (N-methyl/N-ethyl adjacent to an activating group) is 1. The maximum atomic E-state index is 13.7. The van der Waals surface area contributed by atoms with Gasteiger partial charge in [-0.1, -0.05) is 48.0 Å². The van der Waals surface area contributed by atoms with Crippen molar-refractivity contribution in [3.8, 4) is 0 Å². The van der Waals surface area contributed by atoms with Crippen LogP contribution in [0.5, 0.6) is 0 Å². The predicted octanol–water partition coefficient (Wildman–Crippen LogP) is 4.70. The molecule has 1 amide bonds. The summed E-state index contributed by atoms with van der Waals surface area (Å²) in [5.41, 5.74) is 1.25. The zero-order valence-corrected chi connectivity index (χ0v) is 14.6. The van der Waals surface area contributed by atoms with Crippen molar-refractivity contribution in [1.82, 2.24) is 4.90 Å². The molecule has 0 aliphatic rings. The van der Waals surface area contributed by atoms with Crippen LogP contribution in [0, 0.1) is 5.82 Å². The molecule has 0 heterocycles. The van der Waals surface area contributed by atoms with Gasteiger partial charge in [-0.25, -0.2) is 4.39 Å². The summed E-state index contributed by atoms with van der Waals surface area (Å²) in [6.45, 7) is 0.788. The van der Waals surface area contributed by atoms with E-state index in [9.17, 15) is 9.18 Å². The normalized spacial score (nSPS) is 11.0. The summed E-state index contributed by atoms with van der Waals surface area (Å²) in [6.07, 6.45) is 0. The lowest BCUT2D eigenvalue weighted by atomic mass is 10.1. The standard InChI is InChI=1S/C20H18ClFN2O/c1-24(12-14-6-7-15-4-2-3-5-16(15)10-14)13-20(25)23-19-9-8-17(21)11-18(19)22/h2-11H,12-13H2,1H3,(H,23,25). The molecule has 0 aliphatic heterocycles. The quantitative estimate of drug-likeness (QED) is 0.718. The van der Waals surface area contributed by atoms with Gasteiger partial charge in [0.1, 0.15) is 5.82 Å². The highest BCUT2D eigenvalue weighted by atomic mass is 35.5. The minimum atomic E-state index is -0.543. The predicted molar refractivity (Wildman–Crippen MR) is 100 cm³/mol. The molecule has 0 bridgehead atoms. The van der Waals surface area contributed by atoms with Crippen LogP contribution in [0.4, 0.5) is 10.1 Å². The summed E-state index contributed by atoms with van der Waals surface area (Å²) in [7, 11) is 1.85. The number of benzene rings is 3. The number of amides is 1. The second-order valence-electron chi connectivity index (χ2n) is 6.03. The summed E-state index contributed by atoms with van der Waals surface area (Å²) < 4.78 is 13.7. The van der Waals surface area contributed by atoms with Crippen molar-refractivity contribution in [1.29, 1.82) is 0 Å². The van der Waals surface area contributed by atoms with Gasteiger partial charge in [-0.15, -0.1) is 0 Å². The van der Waals surface area contributed by atoms with Crippen molar-refractivity contribution in [2.45, 2.75) is 6.54 Å². The Kier molecular flexibility index (Phi) is 5.31. The lowest BCUT2D eigenvalue weighted by molar-refractivity contribution is -0.117. The Morgan fingerprint density at radius 2 is 1.84 bits per heavy atom. The maximum absolute atomic E-state index is 13.7. The fourth-order valence-corrected chi connectivity index (χ4v) is 2.89. The van der Waals surface area contributed by atoms with E-state index in [0.717, 1.165) is 5.56 Å². The van der Waals surface area contributed by atoms with E-state index in [4.69, 9.17) is 11.6 Å². The molecule has 25 heavy (non-hydrogen) atoms. The van der Waals surface area contributed by atoms with Crippen LogP contribution >= 0.6 is 11.6 Å². The molecule has 1 N–H and O–H groups in total. The number of halogens is 2. The molecule has 0 atom stereocenters. The van der Waals surface area contributed by atoms with Crippen LogP contribution in [0.2, 0.25) is 5.02 Å². The van der Waals surface area contributed by atoms with E-state index in [1.807, 2.05) is 24.1 Å². The van der Waals surface area contributed by atoms with Gasteiger partial charge in [0.05, 0.1) is 12.2 Å². The van der Waals surface area contributed by atoms with Crippen molar-refractivity contribution in [2.75, 3.05) is 18.9 Å². The van der Waals surface area contributed by atoms with Gasteiger partial charge in [0, 0.05) is 11.6 Å². The average Bonchev–Trinajstić information content (AvgIpc) is 2.57. The molecule has 0 radical (unpaired) electrons. The Morgan fingerprint density at radius 1 is 1.08 bits per heavy atom. The van der Waals surface area contributed by atoms with Gasteiger partial charge in [-0.2, -0.15) is 0 Å². The number of rotatable bonds is 5. The van der Waals surface area contributed by atoms with Crippen LogP contribution in [-0.2, 0) is 11.3 Å². The second-order valence-corrected chi connectivity index (χ2v) is 6.46. The monoisotopic (exact) mass is 356 g/mol. The Morgan fingerprint density at radius 3 is 2.60 bits per heavy atom. The fraction of sp³-hybridized carbons (Fsp3) is 0.150. The molecule has 0 aliphatic carbocycles. The van der Waals surface area contributed by atoms with Gasteiger partial charge in [-0.05, 0) is 47.6 Å². The van der Waals surface area contributed by atoms with Crippen molar-refractivity contribution < 1.29 is 9.18 Å². The van der Waals surface area contributed by atoms with Crippen molar-refractivity contribution in [3.63, 3.8) is 0 Å². The zero-order valence-electron chi connectivity index (χ0n) is 13.8. The number of carbonyl (C=O) groups is 1. The van der Waals surface area contributed by atoms with Crippen LogP contribution in [0.3, 0.4) is 0 Å². The summed E-state index contributed by atoms with van der Waals surface area (Å²) in [4.78, 5) is 14.0. The zero-order chi connectivity index (χ0) is 17.8. The molecule has 0 saturated heterocycles. The number of fused-ring (bicyclic) bond motifs is 1. The number of anilines is 1. The van der Waals surface area contributed by atoms with Crippen LogP contribution in [0.25, 0.3) is 10.8 Å². The summed E-state index contributed by atoms with van der Waals surface area (Å²) in [6, 6.07) is 18.6. The molecule has 128 valence electrons. The molecule has 3 rings (SSSR count). The molecule has 0 fully saturated rings. The highest BCUT2D eigenvalue weighted by Gasteiger charge is 2.10. The van der Waals surface area contributed by atoms with Crippen LogP contribution in [0.15, 0.2) is 60.7 Å². The SMILES string of the molecule is CN(CC(=O)Nc1ccc(Cl)cc1F)Cc1ccc2ccccc2c1. The first-order valence-electron chi connectivity index (χ1n) is 7.92. The Bertz CT molecular complexity index is 913. The van der Waals surface area contributed by atoms with Crippen molar-refractivity contribution in [3.05, 3.63) is 77.1 Å².